The van der Waals surface area contributed by atoms with Gasteiger partial charge in [-0.1, -0.05) is 32.4 Å². The molecule has 1 fully saturated rings. The fourth-order valence-corrected chi connectivity index (χ4v) is 4.35. The second-order valence-corrected chi connectivity index (χ2v) is 7.52. The van der Waals surface area contributed by atoms with Gasteiger partial charge in [0.25, 0.3) is 0 Å². The maximum Gasteiger partial charge on any atom is 0.241 e. The molecule has 21 heavy (non-hydrogen) atoms. The van der Waals surface area contributed by atoms with Crippen molar-refractivity contribution < 1.29 is 8.42 Å². The van der Waals surface area contributed by atoms with Crippen molar-refractivity contribution in [1.82, 2.24) is 10.0 Å². The first-order valence-electron chi connectivity index (χ1n) is 7.81. The molecule has 1 aromatic rings. The van der Waals surface area contributed by atoms with Gasteiger partial charge in [0.15, 0.2) is 0 Å². The molecule has 0 bridgehead atoms. The van der Waals surface area contributed by atoms with Crippen LogP contribution in [0.1, 0.15) is 44.2 Å². The Morgan fingerprint density at radius 1 is 1.29 bits per heavy atom. The van der Waals surface area contributed by atoms with Gasteiger partial charge < -0.3 is 5.32 Å². The van der Waals surface area contributed by atoms with E-state index in [1.807, 2.05) is 26.0 Å². The summed E-state index contributed by atoms with van der Waals surface area (Å²) in [6, 6.07) is 5.63. The van der Waals surface area contributed by atoms with E-state index >= 15 is 0 Å². The zero-order valence-electron chi connectivity index (χ0n) is 13.1. The number of nitrogens with one attached hydrogen (secondary N) is 2. The van der Waals surface area contributed by atoms with Gasteiger partial charge in [-0.05, 0) is 49.4 Å². The van der Waals surface area contributed by atoms with Crippen molar-refractivity contribution in [1.29, 1.82) is 0 Å². The van der Waals surface area contributed by atoms with Crippen molar-refractivity contribution in [3.8, 4) is 0 Å². The van der Waals surface area contributed by atoms with Gasteiger partial charge in [0.1, 0.15) is 0 Å². The van der Waals surface area contributed by atoms with Crippen molar-refractivity contribution in [2.75, 3.05) is 6.54 Å². The highest BCUT2D eigenvalue weighted by Crippen LogP contribution is 2.36. The minimum atomic E-state index is -3.40. The Kier molecular flexibility index (Phi) is 5.41. The first-order valence-corrected chi connectivity index (χ1v) is 9.29. The summed E-state index contributed by atoms with van der Waals surface area (Å²) in [5, 5.41) is 3.25. The summed E-state index contributed by atoms with van der Waals surface area (Å²) in [6.07, 6.45) is 3.19. The average molecular weight is 310 g/mol. The van der Waals surface area contributed by atoms with Crippen LogP contribution in [-0.4, -0.2) is 21.0 Å². The summed E-state index contributed by atoms with van der Waals surface area (Å²) >= 11 is 0. The highest BCUT2D eigenvalue weighted by molar-refractivity contribution is 7.89. The normalized spacial score (nSPS) is 21.5. The second-order valence-electron chi connectivity index (χ2n) is 5.83. The third kappa shape index (κ3) is 4.05. The molecule has 2 atom stereocenters. The Morgan fingerprint density at radius 3 is 2.71 bits per heavy atom. The Hall–Kier alpha value is -0.910. The highest BCUT2D eigenvalue weighted by atomic mass is 32.2. The van der Waals surface area contributed by atoms with Crippen molar-refractivity contribution in [2.45, 2.75) is 57.5 Å². The van der Waals surface area contributed by atoms with Crippen molar-refractivity contribution in [3.63, 3.8) is 0 Å². The average Bonchev–Trinajstić information content (AvgIpc) is 3.15. The van der Waals surface area contributed by atoms with E-state index in [2.05, 4.69) is 17.0 Å². The quantitative estimate of drug-likeness (QED) is 0.776. The fraction of sp³-hybridized carbons (Fsp3) is 0.625. The van der Waals surface area contributed by atoms with Crippen LogP contribution >= 0.6 is 0 Å². The lowest BCUT2D eigenvalue weighted by molar-refractivity contribution is 0.572. The molecular formula is C16H26N2O2S. The van der Waals surface area contributed by atoms with Crippen LogP contribution in [0.15, 0.2) is 23.1 Å². The van der Waals surface area contributed by atoms with Gasteiger partial charge in [-0.25, -0.2) is 13.1 Å². The summed E-state index contributed by atoms with van der Waals surface area (Å²) in [5.74, 6) is 0.523. The summed E-state index contributed by atoms with van der Waals surface area (Å²) in [6.45, 7) is 7.64. The SMILES string of the molecule is CCCC1CC1NS(=O)(=O)c1cccc(CNCC)c1C. The van der Waals surface area contributed by atoms with E-state index in [1.54, 1.807) is 6.07 Å². The molecule has 2 rings (SSSR count). The Morgan fingerprint density at radius 2 is 2.05 bits per heavy atom. The van der Waals surface area contributed by atoms with E-state index in [9.17, 15) is 8.42 Å². The zero-order chi connectivity index (χ0) is 15.5. The molecule has 0 spiro atoms. The molecule has 0 saturated heterocycles. The summed E-state index contributed by atoms with van der Waals surface area (Å²) in [7, 11) is -3.40. The van der Waals surface area contributed by atoms with Gasteiger partial charge in [0.05, 0.1) is 4.90 Å². The molecule has 0 heterocycles. The molecule has 0 aromatic heterocycles. The Labute approximate surface area is 128 Å². The van der Waals surface area contributed by atoms with Gasteiger partial charge in [0, 0.05) is 12.6 Å². The van der Waals surface area contributed by atoms with Crippen LogP contribution in [-0.2, 0) is 16.6 Å². The molecule has 5 heteroatoms. The maximum absolute atomic E-state index is 12.5. The van der Waals surface area contributed by atoms with Crippen LogP contribution in [0.3, 0.4) is 0 Å². The topological polar surface area (TPSA) is 58.2 Å². The number of hydrogen-bond donors (Lipinski definition) is 2. The zero-order valence-corrected chi connectivity index (χ0v) is 14.0. The van der Waals surface area contributed by atoms with E-state index in [-0.39, 0.29) is 6.04 Å². The fourth-order valence-electron chi connectivity index (χ4n) is 2.75. The summed E-state index contributed by atoms with van der Waals surface area (Å²) in [4.78, 5) is 0.417. The standard InChI is InChI=1S/C16H26N2O2S/c1-4-7-13-10-15(13)18-21(19,20)16-9-6-8-14(12(16)3)11-17-5-2/h6,8-9,13,15,17-18H,4-5,7,10-11H2,1-3H3. The number of benzene rings is 1. The molecule has 0 amide bonds. The van der Waals surface area contributed by atoms with Crippen LogP contribution in [0, 0.1) is 12.8 Å². The molecule has 118 valence electrons. The highest BCUT2D eigenvalue weighted by Gasteiger charge is 2.39. The van der Waals surface area contributed by atoms with E-state index in [0.29, 0.717) is 17.4 Å². The minimum Gasteiger partial charge on any atom is -0.313 e. The molecule has 0 radical (unpaired) electrons. The van der Waals surface area contributed by atoms with Gasteiger partial charge >= 0.3 is 0 Å². The smallest absolute Gasteiger partial charge is 0.241 e. The number of sulfonamides is 1. The predicted octanol–water partition coefficient (Wildman–Crippen LogP) is 2.57. The molecular weight excluding hydrogens is 284 g/mol. The van der Waals surface area contributed by atoms with Crippen molar-refractivity contribution in [2.24, 2.45) is 5.92 Å². The maximum atomic E-state index is 12.5. The molecule has 2 N–H and O–H groups in total. The van der Waals surface area contributed by atoms with E-state index < -0.39 is 10.0 Å². The van der Waals surface area contributed by atoms with Crippen LogP contribution in [0.5, 0.6) is 0 Å². The van der Waals surface area contributed by atoms with Gasteiger partial charge in [-0.15, -0.1) is 0 Å². The van der Waals surface area contributed by atoms with Crippen molar-refractivity contribution >= 4 is 10.0 Å². The Bertz CT molecular complexity index is 584. The van der Waals surface area contributed by atoms with Crippen LogP contribution in [0.4, 0.5) is 0 Å². The van der Waals surface area contributed by atoms with Gasteiger partial charge in [0.2, 0.25) is 10.0 Å². The van der Waals surface area contributed by atoms with Crippen molar-refractivity contribution in [3.05, 3.63) is 29.3 Å². The van der Waals surface area contributed by atoms with E-state index in [1.165, 1.54) is 0 Å². The Balaban J connectivity index is 2.13. The van der Waals surface area contributed by atoms with Gasteiger partial charge in [-0.3, -0.25) is 0 Å². The number of hydrogen-bond acceptors (Lipinski definition) is 3. The van der Waals surface area contributed by atoms with Crippen LogP contribution < -0.4 is 10.0 Å². The molecule has 1 aliphatic carbocycles. The molecule has 1 aromatic carbocycles. The third-order valence-electron chi connectivity index (χ3n) is 4.14. The molecule has 4 nitrogen and oxygen atoms in total. The van der Waals surface area contributed by atoms with Gasteiger partial charge in [-0.2, -0.15) is 0 Å². The molecule has 2 unspecified atom stereocenters. The summed E-state index contributed by atoms with van der Waals surface area (Å²) < 4.78 is 28.0. The second kappa shape index (κ2) is 6.90. The molecule has 1 aliphatic rings. The van der Waals surface area contributed by atoms with Crippen LogP contribution in [0.2, 0.25) is 0 Å². The summed E-state index contributed by atoms with van der Waals surface area (Å²) in [5.41, 5.74) is 1.89. The minimum absolute atomic E-state index is 0.131. The lowest BCUT2D eigenvalue weighted by atomic mass is 10.1. The number of rotatable bonds is 8. The lowest BCUT2D eigenvalue weighted by Crippen LogP contribution is -2.28. The van der Waals surface area contributed by atoms with E-state index in [0.717, 1.165) is 36.9 Å². The largest absolute Gasteiger partial charge is 0.313 e. The van der Waals surface area contributed by atoms with E-state index in [4.69, 9.17) is 0 Å². The first kappa shape index (κ1) is 16.5. The lowest BCUT2D eigenvalue weighted by Gasteiger charge is -2.13. The first-order chi connectivity index (χ1) is 9.99. The van der Waals surface area contributed by atoms with Crippen LogP contribution in [0.25, 0.3) is 0 Å². The predicted molar refractivity (Wildman–Crippen MR) is 85.7 cm³/mol. The monoisotopic (exact) mass is 310 g/mol. The third-order valence-corrected chi connectivity index (χ3v) is 5.77. The molecule has 1 saturated carbocycles. The molecule has 0 aliphatic heterocycles.